The van der Waals surface area contributed by atoms with Crippen LogP contribution in [0.2, 0.25) is 0 Å². The van der Waals surface area contributed by atoms with Crippen LogP contribution in [0.4, 0.5) is 14.5 Å². The van der Waals surface area contributed by atoms with Crippen molar-refractivity contribution in [2.75, 3.05) is 6.54 Å². The fourth-order valence-electron chi connectivity index (χ4n) is 2.06. The molecule has 1 unspecified atom stereocenters. The quantitative estimate of drug-likeness (QED) is 0.644. The Hall–Kier alpha value is -2.09. The van der Waals surface area contributed by atoms with Gasteiger partial charge in [0.05, 0.1) is 11.0 Å². The molecule has 20 heavy (non-hydrogen) atoms. The molecule has 8 heteroatoms. The Morgan fingerprint density at radius 2 is 2.15 bits per heavy atom. The highest BCUT2D eigenvalue weighted by molar-refractivity contribution is 5.82. The van der Waals surface area contributed by atoms with Gasteiger partial charge in [0.25, 0.3) is 0 Å². The Labute approximate surface area is 113 Å². The summed E-state index contributed by atoms with van der Waals surface area (Å²) in [6.45, 7) is 0.526. The van der Waals surface area contributed by atoms with Crippen LogP contribution in [0.25, 0.3) is 0 Å². The molecule has 1 aromatic rings. The van der Waals surface area contributed by atoms with Crippen molar-refractivity contribution in [1.82, 2.24) is 10.6 Å². The SMILES string of the molecule is O=C1NCCCC1NCc1cc([N+](=O)[O-])c(F)cc1F. The van der Waals surface area contributed by atoms with Crippen molar-refractivity contribution < 1.29 is 18.5 Å². The molecule has 0 radical (unpaired) electrons. The van der Waals surface area contributed by atoms with E-state index in [0.29, 0.717) is 19.0 Å². The molecule has 1 aromatic carbocycles. The van der Waals surface area contributed by atoms with Gasteiger partial charge in [-0.05, 0) is 12.8 Å². The van der Waals surface area contributed by atoms with Crippen LogP contribution in [0.15, 0.2) is 12.1 Å². The number of hydrogen-bond acceptors (Lipinski definition) is 4. The largest absolute Gasteiger partial charge is 0.355 e. The average molecular weight is 285 g/mol. The molecule has 1 heterocycles. The zero-order chi connectivity index (χ0) is 14.7. The number of benzene rings is 1. The minimum Gasteiger partial charge on any atom is -0.355 e. The van der Waals surface area contributed by atoms with Gasteiger partial charge in [0, 0.05) is 30.8 Å². The van der Waals surface area contributed by atoms with Crippen LogP contribution < -0.4 is 10.6 Å². The molecule has 0 aliphatic carbocycles. The zero-order valence-electron chi connectivity index (χ0n) is 10.5. The van der Waals surface area contributed by atoms with Crippen molar-refractivity contribution in [2.24, 2.45) is 0 Å². The van der Waals surface area contributed by atoms with Crippen LogP contribution in [0.1, 0.15) is 18.4 Å². The van der Waals surface area contributed by atoms with E-state index in [4.69, 9.17) is 0 Å². The number of piperidine rings is 1. The van der Waals surface area contributed by atoms with Crippen LogP contribution in [-0.4, -0.2) is 23.4 Å². The lowest BCUT2D eigenvalue weighted by Crippen LogP contribution is -2.48. The summed E-state index contributed by atoms with van der Waals surface area (Å²) in [5.74, 6) is -2.28. The first-order chi connectivity index (χ1) is 9.49. The van der Waals surface area contributed by atoms with Gasteiger partial charge in [-0.25, -0.2) is 4.39 Å². The van der Waals surface area contributed by atoms with Crippen LogP contribution in [-0.2, 0) is 11.3 Å². The van der Waals surface area contributed by atoms with Gasteiger partial charge in [0.2, 0.25) is 11.7 Å². The second kappa shape index (κ2) is 5.91. The Morgan fingerprint density at radius 1 is 1.40 bits per heavy atom. The van der Waals surface area contributed by atoms with Gasteiger partial charge in [-0.15, -0.1) is 0 Å². The standard InChI is InChI=1S/C12H13F2N3O3/c13-8-5-9(14)11(17(19)20)4-7(8)6-16-10-2-1-3-15-12(10)18/h4-5,10,16H,1-3,6H2,(H,15,18). The van der Waals surface area contributed by atoms with E-state index in [2.05, 4.69) is 10.6 Å². The molecule has 6 nitrogen and oxygen atoms in total. The molecule has 0 aromatic heterocycles. The molecule has 0 bridgehead atoms. The van der Waals surface area contributed by atoms with E-state index >= 15 is 0 Å². The number of carbonyl (C=O) groups excluding carboxylic acids is 1. The van der Waals surface area contributed by atoms with Gasteiger partial charge in [0.15, 0.2) is 0 Å². The molecule has 1 saturated heterocycles. The van der Waals surface area contributed by atoms with Crippen LogP contribution >= 0.6 is 0 Å². The number of nitrogens with zero attached hydrogens (tertiary/aromatic N) is 1. The lowest BCUT2D eigenvalue weighted by atomic mass is 10.1. The molecular formula is C12H13F2N3O3. The average Bonchev–Trinajstić information content (AvgIpc) is 2.39. The van der Waals surface area contributed by atoms with E-state index in [1.54, 1.807) is 0 Å². The van der Waals surface area contributed by atoms with Gasteiger partial charge in [-0.2, -0.15) is 4.39 Å². The maximum atomic E-state index is 13.5. The number of carbonyl (C=O) groups is 1. The normalized spacial score (nSPS) is 18.7. The molecule has 1 atom stereocenters. The molecule has 1 fully saturated rings. The monoisotopic (exact) mass is 285 g/mol. The van der Waals surface area contributed by atoms with Gasteiger partial charge in [-0.1, -0.05) is 0 Å². The van der Waals surface area contributed by atoms with Crippen LogP contribution in [0, 0.1) is 21.7 Å². The summed E-state index contributed by atoms with van der Waals surface area (Å²) in [7, 11) is 0. The van der Waals surface area contributed by atoms with Crippen LogP contribution in [0.3, 0.4) is 0 Å². The number of halogens is 2. The molecule has 1 aliphatic rings. The van der Waals surface area contributed by atoms with Crippen molar-refractivity contribution in [1.29, 1.82) is 0 Å². The predicted molar refractivity (Wildman–Crippen MR) is 65.9 cm³/mol. The molecule has 108 valence electrons. The second-order valence-electron chi connectivity index (χ2n) is 4.52. The highest BCUT2D eigenvalue weighted by Gasteiger charge is 2.23. The van der Waals surface area contributed by atoms with Crippen LogP contribution in [0.5, 0.6) is 0 Å². The van der Waals surface area contributed by atoms with E-state index in [9.17, 15) is 23.7 Å². The van der Waals surface area contributed by atoms with Gasteiger partial charge in [-0.3, -0.25) is 14.9 Å². The van der Waals surface area contributed by atoms with Crippen molar-refractivity contribution in [3.8, 4) is 0 Å². The first-order valence-corrected chi connectivity index (χ1v) is 6.12. The topological polar surface area (TPSA) is 84.3 Å². The maximum Gasteiger partial charge on any atom is 0.305 e. The van der Waals surface area contributed by atoms with E-state index < -0.39 is 28.3 Å². The number of nitro groups is 1. The number of rotatable bonds is 4. The summed E-state index contributed by atoms with van der Waals surface area (Å²) < 4.78 is 26.7. The summed E-state index contributed by atoms with van der Waals surface area (Å²) in [4.78, 5) is 21.2. The fraction of sp³-hybridized carbons (Fsp3) is 0.417. The Kier molecular flexibility index (Phi) is 4.23. The third kappa shape index (κ3) is 3.08. The number of nitro benzene ring substituents is 1. The molecule has 1 aliphatic heterocycles. The molecule has 1 amide bonds. The smallest absolute Gasteiger partial charge is 0.305 e. The lowest BCUT2D eigenvalue weighted by molar-refractivity contribution is -0.387. The molecular weight excluding hydrogens is 272 g/mol. The van der Waals surface area contributed by atoms with Crippen molar-refractivity contribution in [3.63, 3.8) is 0 Å². The van der Waals surface area contributed by atoms with Crippen molar-refractivity contribution in [3.05, 3.63) is 39.4 Å². The summed E-state index contributed by atoms with van der Waals surface area (Å²) in [5, 5.41) is 16.1. The molecule has 0 spiro atoms. The summed E-state index contributed by atoms with van der Waals surface area (Å²) >= 11 is 0. The third-order valence-electron chi connectivity index (χ3n) is 3.14. The molecule has 2 rings (SSSR count). The number of hydrogen-bond donors (Lipinski definition) is 2. The Bertz CT molecular complexity index is 551. The van der Waals surface area contributed by atoms with E-state index in [1.165, 1.54) is 0 Å². The maximum absolute atomic E-state index is 13.5. The van der Waals surface area contributed by atoms with E-state index in [1.807, 2.05) is 0 Å². The summed E-state index contributed by atoms with van der Waals surface area (Å²) in [6, 6.07) is 0.862. The predicted octanol–water partition coefficient (Wildman–Crippen LogP) is 1.24. The second-order valence-corrected chi connectivity index (χ2v) is 4.52. The van der Waals surface area contributed by atoms with Gasteiger partial charge in [0.1, 0.15) is 5.82 Å². The highest BCUT2D eigenvalue weighted by atomic mass is 19.1. The molecule has 0 saturated carbocycles. The minimum absolute atomic E-state index is 0.0449. The van der Waals surface area contributed by atoms with E-state index in [0.717, 1.165) is 12.5 Å². The Morgan fingerprint density at radius 3 is 2.80 bits per heavy atom. The first-order valence-electron chi connectivity index (χ1n) is 6.12. The fourth-order valence-corrected chi connectivity index (χ4v) is 2.06. The summed E-state index contributed by atoms with van der Waals surface area (Å²) in [5.41, 5.74) is -0.826. The highest BCUT2D eigenvalue weighted by Crippen LogP contribution is 2.21. The Balaban J connectivity index is 2.11. The first kappa shape index (κ1) is 14.3. The molecule has 2 N–H and O–H groups in total. The summed E-state index contributed by atoms with van der Waals surface area (Å²) in [6.07, 6.45) is 1.41. The zero-order valence-corrected chi connectivity index (χ0v) is 10.5. The van der Waals surface area contributed by atoms with E-state index in [-0.39, 0.29) is 18.0 Å². The lowest BCUT2D eigenvalue weighted by Gasteiger charge is -2.22. The number of nitrogens with one attached hydrogen (secondary N) is 2. The van der Waals surface area contributed by atoms with Gasteiger partial charge >= 0.3 is 5.69 Å². The third-order valence-corrected chi connectivity index (χ3v) is 3.14. The van der Waals surface area contributed by atoms with Crippen molar-refractivity contribution >= 4 is 11.6 Å². The van der Waals surface area contributed by atoms with Crippen molar-refractivity contribution in [2.45, 2.75) is 25.4 Å². The minimum atomic E-state index is -1.22. The van der Waals surface area contributed by atoms with Gasteiger partial charge < -0.3 is 10.6 Å². The number of amides is 1.